The molecule has 1 aliphatic carbocycles. The molecule has 2 nitrogen and oxygen atoms in total. The van der Waals surface area contributed by atoms with E-state index in [0.29, 0.717) is 6.10 Å². The lowest BCUT2D eigenvalue weighted by Crippen LogP contribution is -2.15. The Balaban J connectivity index is 2.03. The van der Waals surface area contributed by atoms with Crippen LogP contribution in [0, 0.1) is 5.92 Å². The number of fused-ring (bicyclic) bond motifs is 4. The molecule has 0 aromatic heterocycles. The molecule has 0 unspecified atom stereocenters. The Bertz CT molecular complexity index is 77.6. The monoisotopic (exact) mass is 128 g/mol. The third kappa shape index (κ3) is 1.10. The maximum Gasteiger partial charge on any atom is 0.0930 e. The summed E-state index contributed by atoms with van der Waals surface area (Å²) < 4.78 is 0. The highest BCUT2D eigenvalue weighted by Crippen LogP contribution is 2.29. The third-order valence-electron chi connectivity index (χ3n) is 2.30. The zero-order valence-electron chi connectivity index (χ0n) is 5.51. The number of hydrogen-bond donors (Lipinski definition) is 0. The number of hydrogen-bond acceptors (Lipinski definition) is 2. The van der Waals surface area contributed by atoms with Crippen LogP contribution in [0.1, 0.15) is 25.7 Å². The van der Waals surface area contributed by atoms with Crippen molar-refractivity contribution in [2.75, 3.05) is 6.61 Å². The summed E-state index contributed by atoms with van der Waals surface area (Å²) in [6.45, 7) is 0.830. The van der Waals surface area contributed by atoms with Crippen molar-refractivity contribution in [3.8, 4) is 0 Å². The Morgan fingerprint density at radius 3 is 2.56 bits per heavy atom. The second-order valence-corrected chi connectivity index (χ2v) is 3.02. The van der Waals surface area contributed by atoms with Crippen LogP contribution in [-0.4, -0.2) is 12.7 Å². The molecular formula is C7H12O2. The van der Waals surface area contributed by atoms with Gasteiger partial charge >= 0.3 is 0 Å². The number of rotatable bonds is 0. The van der Waals surface area contributed by atoms with Crippen LogP contribution in [-0.2, 0) is 9.78 Å². The highest BCUT2D eigenvalue weighted by atomic mass is 17.2. The first-order chi connectivity index (χ1) is 4.45. The molecule has 52 valence electrons. The van der Waals surface area contributed by atoms with Crippen LogP contribution in [0.2, 0.25) is 0 Å². The maximum atomic E-state index is 5.09. The van der Waals surface area contributed by atoms with Gasteiger partial charge in [0.25, 0.3) is 0 Å². The molecule has 0 N–H and O–H groups in total. The normalized spacial score (nSPS) is 42.7. The van der Waals surface area contributed by atoms with E-state index in [2.05, 4.69) is 0 Å². The van der Waals surface area contributed by atoms with Crippen LogP contribution in [0.25, 0.3) is 0 Å². The maximum absolute atomic E-state index is 5.09. The zero-order valence-corrected chi connectivity index (χ0v) is 5.51. The van der Waals surface area contributed by atoms with E-state index in [-0.39, 0.29) is 0 Å². The van der Waals surface area contributed by atoms with E-state index in [1.165, 1.54) is 25.7 Å². The Morgan fingerprint density at radius 2 is 1.78 bits per heavy atom. The quantitative estimate of drug-likeness (QED) is 0.460. The van der Waals surface area contributed by atoms with Gasteiger partial charge in [0.05, 0.1) is 12.7 Å². The molecule has 1 saturated carbocycles. The van der Waals surface area contributed by atoms with E-state index in [0.717, 1.165) is 12.5 Å². The molecule has 0 atom stereocenters. The van der Waals surface area contributed by atoms with Crippen molar-refractivity contribution < 1.29 is 9.78 Å². The molecule has 2 heterocycles. The van der Waals surface area contributed by atoms with E-state index in [4.69, 9.17) is 9.78 Å². The van der Waals surface area contributed by atoms with Crippen LogP contribution in [0.3, 0.4) is 0 Å². The topological polar surface area (TPSA) is 18.5 Å². The SMILES string of the molecule is C1CC2CCC1COO2. The van der Waals surface area contributed by atoms with Gasteiger partial charge in [0.1, 0.15) is 0 Å². The van der Waals surface area contributed by atoms with E-state index in [1.54, 1.807) is 0 Å². The Morgan fingerprint density at radius 1 is 1.00 bits per heavy atom. The molecule has 2 aliphatic heterocycles. The van der Waals surface area contributed by atoms with Gasteiger partial charge in [-0.25, -0.2) is 9.78 Å². The highest BCUT2D eigenvalue weighted by Gasteiger charge is 2.26. The fourth-order valence-electron chi connectivity index (χ4n) is 1.63. The summed E-state index contributed by atoms with van der Waals surface area (Å²) >= 11 is 0. The van der Waals surface area contributed by atoms with Gasteiger partial charge in [-0.05, 0) is 31.6 Å². The smallest absolute Gasteiger partial charge is 0.0930 e. The Hall–Kier alpha value is -0.0800. The fourth-order valence-corrected chi connectivity index (χ4v) is 1.63. The van der Waals surface area contributed by atoms with Gasteiger partial charge in [-0.2, -0.15) is 0 Å². The summed E-state index contributed by atoms with van der Waals surface area (Å²) in [5.41, 5.74) is 0. The van der Waals surface area contributed by atoms with E-state index in [9.17, 15) is 0 Å². The molecule has 2 heteroatoms. The van der Waals surface area contributed by atoms with Gasteiger partial charge in [-0.15, -0.1) is 0 Å². The van der Waals surface area contributed by atoms with Crippen molar-refractivity contribution in [1.29, 1.82) is 0 Å². The van der Waals surface area contributed by atoms with Crippen molar-refractivity contribution >= 4 is 0 Å². The molecule has 3 aliphatic rings. The van der Waals surface area contributed by atoms with E-state index >= 15 is 0 Å². The highest BCUT2D eigenvalue weighted by molar-refractivity contribution is 4.73. The minimum Gasteiger partial charge on any atom is -0.236 e. The Labute approximate surface area is 55.1 Å². The van der Waals surface area contributed by atoms with Crippen LogP contribution < -0.4 is 0 Å². The molecule has 0 aromatic rings. The lowest BCUT2D eigenvalue weighted by atomic mass is 9.89. The summed E-state index contributed by atoms with van der Waals surface area (Å²) in [6, 6.07) is 0. The summed E-state index contributed by atoms with van der Waals surface area (Å²) in [5.74, 6) is 0.795. The molecule has 3 rings (SSSR count). The first-order valence-electron chi connectivity index (χ1n) is 3.73. The predicted octanol–water partition coefficient (Wildman–Crippen LogP) is 1.51. The Kier molecular flexibility index (Phi) is 1.44. The van der Waals surface area contributed by atoms with Gasteiger partial charge in [-0.1, -0.05) is 0 Å². The molecule has 0 spiro atoms. The van der Waals surface area contributed by atoms with Crippen molar-refractivity contribution in [3.63, 3.8) is 0 Å². The molecular weight excluding hydrogens is 116 g/mol. The fraction of sp³-hybridized carbons (Fsp3) is 1.00. The summed E-state index contributed by atoms with van der Waals surface area (Å²) in [4.78, 5) is 10.1. The zero-order chi connectivity index (χ0) is 6.10. The van der Waals surface area contributed by atoms with Gasteiger partial charge in [0.2, 0.25) is 0 Å². The summed E-state index contributed by atoms with van der Waals surface area (Å²) in [5, 5.41) is 0. The third-order valence-corrected chi connectivity index (χ3v) is 2.30. The van der Waals surface area contributed by atoms with Crippen molar-refractivity contribution in [3.05, 3.63) is 0 Å². The summed E-state index contributed by atoms with van der Waals surface area (Å²) in [7, 11) is 0. The van der Waals surface area contributed by atoms with Crippen molar-refractivity contribution in [1.82, 2.24) is 0 Å². The standard InChI is InChI=1S/C7H12O2/c1-3-7-4-2-6(1)5-8-9-7/h6-7H,1-5H2. The van der Waals surface area contributed by atoms with Gasteiger partial charge in [0, 0.05) is 0 Å². The lowest BCUT2D eigenvalue weighted by Gasteiger charge is -2.18. The largest absolute Gasteiger partial charge is 0.236 e. The van der Waals surface area contributed by atoms with Crippen molar-refractivity contribution in [2.45, 2.75) is 31.8 Å². The average Bonchev–Trinajstić information content (AvgIpc) is 2.21. The van der Waals surface area contributed by atoms with Gasteiger partial charge in [-0.3, -0.25) is 0 Å². The first kappa shape index (κ1) is 5.69. The van der Waals surface area contributed by atoms with Crippen LogP contribution >= 0.6 is 0 Å². The van der Waals surface area contributed by atoms with Crippen molar-refractivity contribution in [2.24, 2.45) is 5.92 Å². The molecule has 0 radical (unpaired) electrons. The van der Waals surface area contributed by atoms with Gasteiger partial charge in [0.15, 0.2) is 0 Å². The second-order valence-electron chi connectivity index (χ2n) is 3.02. The van der Waals surface area contributed by atoms with Crippen LogP contribution in [0.5, 0.6) is 0 Å². The summed E-state index contributed by atoms with van der Waals surface area (Å²) in [6.07, 6.45) is 5.47. The second kappa shape index (κ2) is 2.27. The van der Waals surface area contributed by atoms with Crippen LogP contribution in [0.15, 0.2) is 0 Å². The van der Waals surface area contributed by atoms with Gasteiger partial charge < -0.3 is 0 Å². The molecule has 3 fully saturated rings. The molecule has 2 saturated heterocycles. The average molecular weight is 128 g/mol. The minimum atomic E-state index is 0.420. The molecule has 0 amide bonds. The lowest BCUT2D eigenvalue weighted by molar-refractivity contribution is -0.314. The first-order valence-corrected chi connectivity index (χ1v) is 3.73. The molecule has 2 bridgehead atoms. The molecule has 9 heavy (non-hydrogen) atoms. The van der Waals surface area contributed by atoms with E-state index in [1.807, 2.05) is 0 Å². The predicted molar refractivity (Wildman–Crippen MR) is 32.8 cm³/mol. The molecule has 0 aromatic carbocycles. The minimum absolute atomic E-state index is 0.420. The van der Waals surface area contributed by atoms with E-state index < -0.39 is 0 Å². The van der Waals surface area contributed by atoms with Crippen LogP contribution in [0.4, 0.5) is 0 Å².